The predicted molar refractivity (Wildman–Crippen MR) is 80.0 cm³/mol. The number of non-ortho nitro benzene ring substituents is 1. The third kappa shape index (κ3) is 4.37. The van der Waals surface area contributed by atoms with Crippen molar-refractivity contribution >= 4 is 50.7 Å². The highest BCUT2D eigenvalue weighted by atomic mass is 33.1. The van der Waals surface area contributed by atoms with Gasteiger partial charge < -0.3 is 5.73 Å². The molecule has 11 heteroatoms. The van der Waals surface area contributed by atoms with Crippen LogP contribution in [0.4, 0.5) is 11.4 Å². The van der Waals surface area contributed by atoms with Crippen LogP contribution in [0.15, 0.2) is 23.1 Å². The molecule has 0 saturated heterocycles. The molecule has 0 spiro atoms. The molecule has 0 bridgehead atoms. The van der Waals surface area contributed by atoms with E-state index in [1.165, 1.54) is 6.07 Å². The van der Waals surface area contributed by atoms with Crippen molar-refractivity contribution in [3.63, 3.8) is 0 Å². The molecule has 108 valence electrons. The number of carbonyl (C=O) groups excluding carboxylic acids is 1. The van der Waals surface area contributed by atoms with Gasteiger partial charge in [-0.15, -0.1) is 0 Å². The van der Waals surface area contributed by atoms with Crippen molar-refractivity contribution in [1.82, 2.24) is 0 Å². The van der Waals surface area contributed by atoms with Crippen LogP contribution >= 0.6 is 34.2 Å². The Hall–Kier alpha value is -1.30. The Balaban J connectivity index is 2.92. The molecule has 1 aromatic carbocycles. The fourth-order valence-corrected chi connectivity index (χ4v) is 3.37. The van der Waals surface area contributed by atoms with Gasteiger partial charge in [0.2, 0.25) is 5.12 Å². The fourth-order valence-electron chi connectivity index (χ4n) is 1.05. The number of hydrogen-bond acceptors (Lipinski definition) is 9. The van der Waals surface area contributed by atoms with Crippen molar-refractivity contribution in [2.75, 3.05) is 5.75 Å². The Morgan fingerprint density at radius 1 is 1.35 bits per heavy atom. The second kappa shape index (κ2) is 7.47. The van der Waals surface area contributed by atoms with E-state index in [0.717, 1.165) is 33.7 Å². The minimum Gasteiger partial charge on any atom is -0.320 e. The van der Waals surface area contributed by atoms with Gasteiger partial charge in [-0.3, -0.25) is 25.0 Å². The average Bonchev–Trinajstić information content (AvgIpc) is 2.43. The molecule has 0 aliphatic carbocycles. The molecule has 0 fully saturated rings. The summed E-state index contributed by atoms with van der Waals surface area (Å²) < 4.78 is 0. The van der Waals surface area contributed by atoms with Crippen molar-refractivity contribution < 1.29 is 14.6 Å². The fraction of sp³-hybridized carbons (Fsp3) is 0.222. The van der Waals surface area contributed by atoms with Crippen molar-refractivity contribution in [2.45, 2.75) is 10.9 Å². The molecule has 1 atom stereocenters. The van der Waals surface area contributed by atoms with E-state index in [2.05, 4.69) is 12.6 Å². The number of rotatable bonds is 6. The van der Waals surface area contributed by atoms with E-state index in [0.29, 0.717) is 0 Å². The number of benzene rings is 1. The largest absolute Gasteiger partial charge is 0.320 e. The first-order valence-corrected chi connectivity index (χ1v) is 7.82. The van der Waals surface area contributed by atoms with Gasteiger partial charge in [-0.1, -0.05) is 0 Å². The van der Waals surface area contributed by atoms with Crippen LogP contribution in [0.25, 0.3) is 0 Å². The molecule has 0 radical (unpaired) electrons. The van der Waals surface area contributed by atoms with Crippen LogP contribution in [-0.4, -0.2) is 26.8 Å². The van der Waals surface area contributed by atoms with Gasteiger partial charge >= 0.3 is 0 Å². The third-order valence-electron chi connectivity index (χ3n) is 2.06. The highest BCUT2D eigenvalue weighted by Gasteiger charge is 2.22. The molecule has 0 aromatic heterocycles. The molecule has 20 heavy (non-hydrogen) atoms. The van der Waals surface area contributed by atoms with Crippen LogP contribution in [0.5, 0.6) is 0 Å². The van der Waals surface area contributed by atoms with Crippen LogP contribution in [-0.2, 0) is 4.79 Å². The van der Waals surface area contributed by atoms with E-state index < -0.39 is 21.6 Å². The van der Waals surface area contributed by atoms with Gasteiger partial charge in [-0.25, -0.2) is 0 Å². The van der Waals surface area contributed by atoms with Gasteiger partial charge in [0.1, 0.15) is 0 Å². The number of hydrogen-bond donors (Lipinski definition) is 2. The average molecular weight is 335 g/mol. The summed E-state index contributed by atoms with van der Waals surface area (Å²) in [5.41, 5.74) is 4.65. The van der Waals surface area contributed by atoms with Gasteiger partial charge in [0.05, 0.1) is 26.9 Å². The number of nitrogens with zero attached hydrogens (tertiary/aromatic N) is 2. The zero-order valence-corrected chi connectivity index (χ0v) is 12.3. The van der Waals surface area contributed by atoms with E-state index in [1.54, 1.807) is 0 Å². The minimum absolute atomic E-state index is 0.144. The Morgan fingerprint density at radius 3 is 2.50 bits per heavy atom. The molecular formula is C9H9N3O5S3. The first kappa shape index (κ1) is 16.8. The van der Waals surface area contributed by atoms with Crippen molar-refractivity contribution in [3.8, 4) is 0 Å². The molecule has 0 unspecified atom stereocenters. The predicted octanol–water partition coefficient (Wildman–Crippen LogP) is 2.03. The maximum absolute atomic E-state index is 11.5. The van der Waals surface area contributed by atoms with Gasteiger partial charge in [0, 0.05) is 11.8 Å². The Kier molecular flexibility index (Phi) is 6.26. The zero-order chi connectivity index (χ0) is 15.3. The lowest BCUT2D eigenvalue weighted by Gasteiger charge is -2.05. The summed E-state index contributed by atoms with van der Waals surface area (Å²) in [7, 11) is 1.57. The van der Waals surface area contributed by atoms with Gasteiger partial charge in [0.25, 0.3) is 11.4 Å². The molecule has 0 saturated carbocycles. The summed E-state index contributed by atoms with van der Waals surface area (Å²) in [6, 6.07) is 2.45. The highest BCUT2D eigenvalue weighted by Crippen LogP contribution is 2.39. The lowest BCUT2D eigenvalue weighted by atomic mass is 10.3. The number of carbonyl (C=O) groups is 1. The van der Waals surface area contributed by atoms with Crippen LogP contribution < -0.4 is 5.73 Å². The second-order valence-electron chi connectivity index (χ2n) is 3.44. The first-order valence-electron chi connectivity index (χ1n) is 5.04. The molecule has 0 aliphatic rings. The van der Waals surface area contributed by atoms with E-state index in [4.69, 9.17) is 5.73 Å². The monoisotopic (exact) mass is 335 g/mol. The van der Waals surface area contributed by atoms with Crippen LogP contribution in [0.2, 0.25) is 0 Å². The maximum Gasteiger partial charge on any atom is 0.290 e. The summed E-state index contributed by atoms with van der Waals surface area (Å²) in [6.07, 6.45) is 0. The molecule has 1 aromatic rings. The van der Waals surface area contributed by atoms with Gasteiger partial charge in [-0.05, 0) is 27.7 Å². The summed E-state index contributed by atoms with van der Waals surface area (Å²) in [4.78, 5) is 31.6. The third-order valence-corrected chi connectivity index (χ3v) is 4.81. The number of thiol groups is 1. The van der Waals surface area contributed by atoms with Crippen LogP contribution in [0.3, 0.4) is 0 Å². The number of nitro benzene ring substituents is 2. The van der Waals surface area contributed by atoms with E-state index in [9.17, 15) is 25.0 Å². The summed E-state index contributed by atoms with van der Waals surface area (Å²) >= 11 is 3.87. The first-order chi connectivity index (χ1) is 9.36. The molecular weight excluding hydrogens is 326 g/mol. The van der Waals surface area contributed by atoms with E-state index >= 15 is 0 Å². The Bertz CT molecular complexity index is 554. The maximum atomic E-state index is 11.5. The second-order valence-corrected chi connectivity index (χ2v) is 5.98. The van der Waals surface area contributed by atoms with Gasteiger partial charge in [0.15, 0.2) is 0 Å². The molecule has 2 N–H and O–H groups in total. The summed E-state index contributed by atoms with van der Waals surface area (Å²) in [5, 5.41) is 21.1. The summed E-state index contributed by atoms with van der Waals surface area (Å²) in [5.74, 6) is 0.161. The normalized spacial score (nSPS) is 11.9. The SMILES string of the molecule is N[C@@H](CS)C(=O)SSc1ccc([N+](=O)[O-])cc1[N+](=O)[O-]. The lowest BCUT2D eigenvalue weighted by molar-refractivity contribution is -0.396. The van der Waals surface area contributed by atoms with Crippen molar-refractivity contribution in [1.29, 1.82) is 0 Å². The zero-order valence-electron chi connectivity index (χ0n) is 9.79. The quantitative estimate of drug-likeness (QED) is 0.349. The van der Waals surface area contributed by atoms with Gasteiger partial charge in [-0.2, -0.15) is 12.6 Å². The Labute approximate surface area is 126 Å². The highest BCUT2D eigenvalue weighted by molar-refractivity contribution is 8.82. The minimum atomic E-state index is -0.770. The van der Waals surface area contributed by atoms with E-state index in [1.807, 2.05) is 0 Å². The topological polar surface area (TPSA) is 129 Å². The smallest absolute Gasteiger partial charge is 0.290 e. The van der Waals surface area contributed by atoms with E-state index in [-0.39, 0.29) is 21.5 Å². The number of nitrogens with two attached hydrogens (primary N) is 1. The van der Waals surface area contributed by atoms with Crippen molar-refractivity contribution in [3.05, 3.63) is 38.4 Å². The Morgan fingerprint density at radius 2 is 2.00 bits per heavy atom. The standard InChI is InChI=1S/C9H9N3O5S3/c10-6(4-18)9(13)20-19-8-2-1-5(11(14)15)3-7(8)12(16)17/h1-3,6,18H,4,10H2/t6-/m0/s1. The molecule has 8 nitrogen and oxygen atoms in total. The van der Waals surface area contributed by atoms with Crippen LogP contribution in [0.1, 0.15) is 0 Å². The van der Waals surface area contributed by atoms with Crippen LogP contribution in [0, 0.1) is 20.2 Å². The lowest BCUT2D eigenvalue weighted by Crippen LogP contribution is -2.29. The molecule has 1 rings (SSSR count). The summed E-state index contributed by atoms with van der Waals surface area (Å²) in [6.45, 7) is 0. The molecule has 0 amide bonds. The van der Waals surface area contributed by atoms with Crippen molar-refractivity contribution in [2.24, 2.45) is 5.73 Å². The molecule has 0 heterocycles. The number of nitro groups is 2. The molecule has 0 aliphatic heterocycles.